The first-order valence-corrected chi connectivity index (χ1v) is 4.86. The lowest BCUT2D eigenvalue weighted by atomic mass is 10.3. The van der Waals surface area contributed by atoms with Crippen LogP contribution in [0.5, 0.6) is 5.75 Å². The summed E-state index contributed by atoms with van der Waals surface area (Å²) >= 11 is 0. The van der Waals surface area contributed by atoms with Crippen LogP contribution in [0.4, 0.5) is 13.2 Å². The van der Waals surface area contributed by atoms with E-state index in [1.807, 2.05) is 0 Å². The van der Waals surface area contributed by atoms with Crippen molar-refractivity contribution in [2.24, 2.45) is 5.73 Å². The number of halogens is 3. The first-order valence-electron chi connectivity index (χ1n) is 4.86. The number of alkyl halides is 3. The van der Waals surface area contributed by atoms with Crippen LogP contribution in [0.15, 0.2) is 18.3 Å². The second kappa shape index (κ2) is 5.69. The van der Waals surface area contributed by atoms with Gasteiger partial charge in [0.15, 0.2) is 0 Å². The molecule has 0 bridgehead atoms. The molecule has 0 aliphatic heterocycles. The van der Waals surface area contributed by atoms with E-state index in [-0.39, 0.29) is 13.0 Å². The minimum atomic E-state index is -4.12. The lowest BCUT2D eigenvalue weighted by Crippen LogP contribution is -2.09. The fourth-order valence-corrected chi connectivity index (χ4v) is 1.08. The number of nitrogens with zero attached hydrogens (tertiary/aromatic N) is 1. The summed E-state index contributed by atoms with van der Waals surface area (Å²) in [7, 11) is 0. The molecule has 6 heteroatoms. The highest BCUT2D eigenvalue weighted by Crippen LogP contribution is 2.21. The van der Waals surface area contributed by atoms with Gasteiger partial charge in [-0.05, 0) is 18.6 Å². The van der Waals surface area contributed by atoms with Crippen LogP contribution < -0.4 is 10.5 Å². The van der Waals surface area contributed by atoms with Crippen molar-refractivity contribution >= 4 is 0 Å². The van der Waals surface area contributed by atoms with Gasteiger partial charge in [-0.2, -0.15) is 13.2 Å². The van der Waals surface area contributed by atoms with E-state index in [1.165, 1.54) is 6.20 Å². The minimum Gasteiger partial charge on any atom is -0.492 e. The maximum Gasteiger partial charge on any atom is 0.389 e. The Kier molecular flexibility index (Phi) is 4.54. The molecule has 0 amide bonds. The third-order valence-electron chi connectivity index (χ3n) is 1.88. The normalized spacial score (nSPS) is 11.5. The van der Waals surface area contributed by atoms with Crippen molar-refractivity contribution in [2.75, 3.05) is 6.61 Å². The monoisotopic (exact) mass is 234 g/mol. The quantitative estimate of drug-likeness (QED) is 0.795. The predicted octanol–water partition coefficient (Wildman–Crippen LogP) is 2.26. The van der Waals surface area contributed by atoms with Gasteiger partial charge in [-0.1, -0.05) is 0 Å². The molecule has 1 heterocycles. The van der Waals surface area contributed by atoms with Gasteiger partial charge in [0, 0.05) is 13.0 Å². The zero-order valence-corrected chi connectivity index (χ0v) is 8.63. The Morgan fingerprint density at radius 3 is 2.56 bits per heavy atom. The molecule has 2 N–H and O–H groups in total. The van der Waals surface area contributed by atoms with E-state index in [0.29, 0.717) is 18.0 Å². The van der Waals surface area contributed by atoms with Crippen molar-refractivity contribution in [3.8, 4) is 5.75 Å². The number of nitrogens with two attached hydrogens (primary N) is 1. The highest BCUT2D eigenvalue weighted by molar-refractivity contribution is 5.19. The molecule has 16 heavy (non-hydrogen) atoms. The van der Waals surface area contributed by atoms with E-state index in [2.05, 4.69) is 4.98 Å². The van der Waals surface area contributed by atoms with Crippen LogP contribution in [0.2, 0.25) is 0 Å². The number of hydrogen-bond acceptors (Lipinski definition) is 3. The van der Waals surface area contributed by atoms with Crippen LogP contribution >= 0.6 is 0 Å². The molecule has 0 saturated heterocycles. The lowest BCUT2D eigenvalue weighted by molar-refractivity contribution is -0.136. The number of ether oxygens (including phenoxy) is 1. The second-order valence-corrected chi connectivity index (χ2v) is 3.26. The molecule has 0 atom stereocenters. The number of aromatic nitrogens is 1. The second-order valence-electron chi connectivity index (χ2n) is 3.26. The molecule has 0 saturated carbocycles. The Morgan fingerprint density at radius 1 is 1.31 bits per heavy atom. The average molecular weight is 234 g/mol. The van der Waals surface area contributed by atoms with Crippen LogP contribution in [-0.4, -0.2) is 17.8 Å². The first-order chi connectivity index (χ1) is 7.51. The minimum absolute atomic E-state index is 0.0309. The lowest BCUT2D eigenvalue weighted by Gasteiger charge is -2.08. The number of rotatable bonds is 5. The third-order valence-corrected chi connectivity index (χ3v) is 1.88. The molecule has 1 aromatic heterocycles. The summed E-state index contributed by atoms with van der Waals surface area (Å²) in [6.45, 7) is 0.359. The van der Waals surface area contributed by atoms with Crippen LogP contribution in [0.3, 0.4) is 0 Å². The van der Waals surface area contributed by atoms with Gasteiger partial charge in [0.1, 0.15) is 5.75 Å². The molecule has 0 aliphatic rings. The summed E-state index contributed by atoms with van der Waals surface area (Å²) in [6, 6.07) is 3.32. The maximum absolute atomic E-state index is 11.8. The molecule has 0 aliphatic carbocycles. The summed E-state index contributed by atoms with van der Waals surface area (Å²) in [4.78, 5) is 3.95. The molecular formula is C10H13F3N2O. The van der Waals surface area contributed by atoms with Gasteiger partial charge in [-0.25, -0.2) is 0 Å². The predicted molar refractivity (Wildman–Crippen MR) is 52.9 cm³/mol. The van der Waals surface area contributed by atoms with Gasteiger partial charge in [0.2, 0.25) is 0 Å². The topological polar surface area (TPSA) is 48.1 Å². The summed E-state index contributed by atoms with van der Waals surface area (Å²) in [5, 5.41) is 0. The molecule has 0 radical (unpaired) electrons. The summed E-state index contributed by atoms with van der Waals surface area (Å²) in [5.74, 6) is 0.458. The molecule has 1 aromatic rings. The van der Waals surface area contributed by atoms with Gasteiger partial charge < -0.3 is 10.5 Å². The molecule has 1 rings (SSSR count). The van der Waals surface area contributed by atoms with Crippen molar-refractivity contribution in [3.05, 3.63) is 24.0 Å². The Labute approximate surface area is 91.4 Å². The highest BCUT2D eigenvalue weighted by Gasteiger charge is 2.26. The summed E-state index contributed by atoms with van der Waals surface area (Å²) in [6.07, 6.45) is -3.55. The van der Waals surface area contributed by atoms with E-state index in [9.17, 15) is 13.2 Å². The van der Waals surface area contributed by atoms with Gasteiger partial charge in [0.25, 0.3) is 0 Å². The fraction of sp³-hybridized carbons (Fsp3) is 0.500. The zero-order chi connectivity index (χ0) is 12.0. The Balaban J connectivity index is 2.27. The van der Waals surface area contributed by atoms with Crippen LogP contribution in [0.1, 0.15) is 18.5 Å². The molecule has 0 spiro atoms. The maximum atomic E-state index is 11.8. The van der Waals surface area contributed by atoms with E-state index >= 15 is 0 Å². The Bertz CT molecular complexity index is 311. The smallest absolute Gasteiger partial charge is 0.389 e. The molecule has 0 fully saturated rings. The van der Waals surface area contributed by atoms with Gasteiger partial charge in [-0.15, -0.1) is 0 Å². The van der Waals surface area contributed by atoms with E-state index < -0.39 is 12.6 Å². The van der Waals surface area contributed by atoms with E-state index in [0.717, 1.165) is 0 Å². The van der Waals surface area contributed by atoms with Gasteiger partial charge >= 0.3 is 6.18 Å². The van der Waals surface area contributed by atoms with Crippen molar-refractivity contribution in [1.29, 1.82) is 0 Å². The summed E-state index contributed by atoms with van der Waals surface area (Å²) in [5.41, 5.74) is 6.05. The Morgan fingerprint density at radius 2 is 2.06 bits per heavy atom. The standard InChI is InChI=1S/C10H13F3N2O/c11-10(12,13)4-1-5-16-9-3-2-8(6-14)15-7-9/h2-3,7H,1,4-6,14H2. The molecular weight excluding hydrogens is 221 g/mol. The number of hydrogen-bond donors (Lipinski definition) is 1. The third kappa shape index (κ3) is 4.97. The molecule has 0 unspecified atom stereocenters. The molecule has 90 valence electrons. The van der Waals surface area contributed by atoms with Crippen LogP contribution in [0, 0.1) is 0 Å². The number of pyridine rings is 1. The summed E-state index contributed by atoms with van der Waals surface area (Å²) < 4.78 is 40.5. The van der Waals surface area contributed by atoms with Crippen molar-refractivity contribution in [3.63, 3.8) is 0 Å². The van der Waals surface area contributed by atoms with Gasteiger partial charge in [0.05, 0.1) is 18.5 Å². The average Bonchev–Trinajstić information content (AvgIpc) is 2.24. The van der Waals surface area contributed by atoms with Crippen molar-refractivity contribution in [1.82, 2.24) is 4.98 Å². The first kappa shape index (κ1) is 12.8. The fourth-order valence-electron chi connectivity index (χ4n) is 1.08. The highest BCUT2D eigenvalue weighted by atomic mass is 19.4. The SMILES string of the molecule is NCc1ccc(OCCCC(F)(F)F)cn1. The van der Waals surface area contributed by atoms with Crippen LogP contribution in [-0.2, 0) is 6.54 Å². The largest absolute Gasteiger partial charge is 0.492 e. The molecule has 0 aromatic carbocycles. The van der Waals surface area contributed by atoms with Gasteiger partial charge in [-0.3, -0.25) is 4.98 Å². The van der Waals surface area contributed by atoms with E-state index in [4.69, 9.17) is 10.5 Å². The van der Waals surface area contributed by atoms with Crippen LogP contribution in [0.25, 0.3) is 0 Å². The Hall–Kier alpha value is -1.30. The zero-order valence-electron chi connectivity index (χ0n) is 8.63. The van der Waals surface area contributed by atoms with Crippen molar-refractivity contribution < 1.29 is 17.9 Å². The van der Waals surface area contributed by atoms with E-state index in [1.54, 1.807) is 12.1 Å². The van der Waals surface area contributed by atoms with Crippen molar-refractivity contribution in [2.45, 2.75) is 25.6 Å². The molecule has 3 nitrogen and oxygen atoms in total.